The van der Waals surface area contributed by atoms with Crippen molar-refractivity contribution in [2.75, 3.05) is 7.05 Å². The Balaban J connectivity index is 2.05. The number of amides is 1. The lowest BCUT2D eigenvalue weighted by Gasteiger charge is -2.29. The molecular formula is C16H21F3N2O2. The molecule has 0 aromatic heterocycles. The minimum absolute atomic E-state index is 0.0203. The maximum Gasteiger partial charge on any atom is 0.573 e. The van der Waals surface area contributed by atoms with Crippen molar-refractivity contribution in [1.82, 2.24) is 4.90 Å². The first-order chi connectivity index (χ1) is 10.8. The average Bonchev–Trinajstić information content (AvgIpc) is 2.47. The van der Waals surface area contributed by atoms with Crippen LogP contribution in [0.4, 0.5) is 13.2 Å². The van der Waals surface area contributed by atoms with E-state index in [4.69, 9.17) is 5.73 Å². The van der Waals surface area contributed by atoms with Crippen LogP contribution in [0, 0.1) is 5.92 Å². The molecule has 2 atom stereocenters. The summed E-state index contributed by atoms with van der Waals surface area (Å²) in [6.45, 7) is 0.0663. The summed E-state index contributed by atoms with van der Waals surface area (Å²) in [5.74, 6) is -0.513. The molecule has 4 nitrogen and oxygen atoms in total. The monoisotopic (exact) mass is 330 g/mol. The third kappa shape index (κ3) is 5.13. The van der Waals surface area contributed by atoms with E-state index in [9.17, 15) is 18.0 Å². The molecule has 0 saturated heterocycles. The third-order valence-corrected chi connectivity index (χ3v) is 4.05. The van der Waals surface area contributed by atoms with Gasteiger partial charge in [-0.25, -0.2) is 0 Å². The first-order valence-corrected chi connectivity index (χ1v) is 7.60. The maximum atomic E-state index is 12.5. The molecule has 2 rings (SSSR count). The number of alkyl halides is 3. The van der Waals surface area contributed by atoms with Gasteiger partial charge in [-0.1, -0.05) is 24.6 Å². The molecule has 2 unspecified atom stereocenters. The number of nitrogens with two attached hydrogens (primary N) is 1. The largest absolute Gasteiger partial charge is 0.573 e. The number of rotatable bonds is 4. The summed E-state index contributed by atoms with van der Waals surface area (Å²) in [5.41, 5.74) is 6.21. The van der Waals surface area contributed by atoms with Crippen molar-refractivity contribution in [3.8, 4) is 5.75 Å². The van der Waals surface area contributed by atoms with Gasteiger partial charge in [0.25, 0.3) is 0 Å². The molecular weight excluding hydrogens is 309 g/mol. The zero-order valence-corrected chi connectivity index (χ0v) is 13.0. The van der Waals surface area contributed by atoms with E-state index in [1.807, 2.05) is 0 Å². The van der Waals surface area contributed by atoms with E-state index in [0.717, 1.165) is 19.3 Å². The van der Waals surface area contributed by atoms with Crippen LogP contribution in [-0.4, -0.2) is 30.3 Å². The zero-order chi connectivity index (χ0) is 17.0. The molecule has 2 N–H and O–H groups in total. The summed E-state index contributed by atoms with van der Waals surface area (Å²) in [6, 6.07) is 5.88. The highest BCUT2D eigenvalue weighted by Gasteiger charge is 2.32. The zero-order valence-electron chi connectivity index (χ0n) is 13.0. The molecule has 1 amide bonds. The van der Waals surface area contributed by atoms with Gasteiger partial charge in [-0.05, 0) is 25.3 Å². The first-order valence-electron chi connectivity index (χ1n) is 7.60. The van der Waals surface area contributed by atoms with Gasteiger partial charge in [0.2, 0.25) is 5.91 Å². The van der Waals surface area contributed by atoms with Crippen molar-refractivity contribution in [2.45, 2.75) is 44.6 Å². The fourth-order valence-electron chi connectivity index (χ4n) is 2.96. The van der Waals surface area contributed by atoms with Crippen molar-refractivity contribution in [1.29, 1.82) is 0 Å². The Morgan fingerprint density at radius 1 is 1.35 bits per heavy atom. The van der Waals surface area contributed by atoms with E-state index in [-0.39, 0.29) is 30.2 Å². The smallest absolute Gasteiger partial charge is 0.405 e. The Kier molecular flexibility index (Phi) is 5.51. The topological polar surface area (TPSA) is 55.6 Å². The number of nitrogens with zero attached hydrogens (tertiary/aromatic N) is 1. The number of carbonyl (C=O) groups excluding carboxylic acids is 1. The number of ether oxygens (including phenoxy) is 1. The minimum Gasteiger partial charge on any atom is -0.405 e. The van der Waals surface area contributed by atoms with Gasteiger partial charge in [0.05, 0.1) is 0 Å². The highest BCUT2D eigenvalue weighted by Crippen LogP contribution is 2.29. The third-order valence-electron chi connectivity index (χ3n) is 4.05. The van der Waals surface area contributed by atoms with Crippen LogP contribution < -0.4 is 10.5 Å². The fraction of sp³-hybridized carbons (Fsp3) is 0.562. The SMILES string of the molecule is CN(Cc1ccccc1OC(F)(F)F)C(=O)C1CCCC(N)C1. The molecule has 1 fully saturated rings. The minimum atomic E-state index is -4.76. The molecule has 7 heteroatoms. The van der Waals surface area contributed by atoms with Gasteiger partial charge in [0, 0.05) is 31.1 Å². The van der Waals surface area contributed by atoms with E-state index in [0.29, 0.717) is 12.0 Å². The second-order valence-corrected chi connectivity index (χ2v) is 5.97. The molecule has 1 aromatic rings. The van der Waals surface area contributed by atoms with Crippen LogP contribution >= 0.6 is 0 Å². The van der Waals surface area contributed by atoms with Crippen LogP contribution in [0.25, 0.3) is 0 Å². The van der Waals surface area contributed by atoms with E-state index in [1.54, 1.807) is 13.1 Å². The number of halogens is 3. The van der Waals surface area contributed by atoms with Crippen LogP contribution in [0.3, 0.4) is 0 Å². The Morgan fingerprint density at radius 3 is 2.70 bits per heavy atom. The molecule has 1 aliphatic rings. The Hall–Kier alpha value is -1.76. The summed E-state index contributed by atoms with van der Waals surface area (Å²) in [7, 11) is 1.59. The second kappa shape index (κ2) is 7.21. The maximum absolute atomic E-state index is 12.5. The summed E-state index contributed by atoms with van der Waals surface area (Å²) >= 11 is 0. The molecule has 1 aliphatic carbocycles. The van der Waals surface area contributed by atoms with Crippen molar-refractivity contribution in [2.24, 2.45) is 11.7 Å². The van der Waals surface area contributed by atoms with E-state index in [2.05, 4.69) is 4.74 Å². The van der Waals surface area contributed by atoms with E-state index < -0.39 is 6.36 Å². The van der Waals surface area contributed by atoms with E-state index >= 15 is 0 Å². The predicted molar refractivity (Wildman–Crippen MR) is 79.5 cm³/mol. The summed E-state index contributed by atoms with van der Waals surface area (Å²) in [4.78, 5) is 13.9. The van der Waals surface area contributed by atoms with Gasteiger partial charge in [-0.3, -0.25) is 4.79 Å². The Morgan fingerprint density at radius 2 is 2.04 bits per heavy atom. The molecule has 0 heterocycles. The van der Waals surface area contributed by atoms with Gasteiger partial charge < -0.3 is 15.4 Å². The highest BCUT2D eigenvalue weighted by molar-refractivity contribution is 5.78. The predicted octanol–water partition coefficient (Wildman–Crippen LogP) is 3.06. The van der Waals surface area contributed by atoms with Crippen molar-refractivity contribution in [3.63, 3.8) is 0 Å². The van der Waals surface area contributed by atoms with Gasteiger partial charge in [0.1, 0.15) is 5.75 Å². The van der Waals surface area contributed by atoms with Crippen LogP contribution in [-0.2, 0) is 11.3 Å². The average molecular weight is 330 g/mol. The van der Waals surface area contributed by atoms with Crippen LogP contribution in [0.1, 0.15) is 31.2 Å². The van der Waals surface area contributed by atoms with Gasteiger partial charge in [-0.15, -0.1) is 13.2 Å². The number of carbonyl (C=O) groups is 1. The molecule has 23 heavy (non-hydrogen) atoms. The van der Waals surface area contributed by atoms with Gasteiger partial charge >= 0.3 is 6.36 Å². The van der Waals surface area contributed by atoms with E-state index in [1.165, 1.54) is 23.1 Å². The lowest BCUT2D eigenvalue weighted by atomic mass is 9.85. The lowest BCUT2D eigenvalue weighted by Crippen LogP contribution is -2.38. The van der Waals surface area contributed by atoms with Crippen molar-refractivity contribution in [3.05, 3.63) is 29.8 Å². The normalized spacial score (nSPS) is 21.8. The highest BCUT2D eigenvalue weighted by atomic mass is 19.4. The van der Waals surface area contributed by atoms with Crippen LogP contribution in [0.15, 0.2) is 24.3 Å². The second-order valence-electron chi connectivity index (χ2n) is 5.97. The standard InChI is InChI=1S/C16H21F3N2O2/c1-21(15(22)11-6-4-7-13(20)9-11)10-12-5-2-3-8-14(12)23-16(17,18)19/h2-3,5,8,11,13H,4,6-7,9-10,20H2,1H3. The van der Waals surface area contributed by atoms with Crippen LogP contribution in [0.5, 0.6) is 5.75 Å². The lowest BCUT2D eigenvalue weighted by molar-refractivity contribution is -0.275. The van der Waals surface area contributed by atoms with Gasteiger partial charge in [-0.2, -0.15) is 0 Å². The fourth-order valence-corrected chi connectivity index (χ4v) is 2.96. The quantitative estimate of drug-likeness (QED) is 0.923. The number of benzene rings is 1. The molecule has 1 aromatic carbocycles. The number of hydrogen-bond acceptors (Lipinski definition) is 3. The van der Waals surface area contributed by atoms with Crippen molar-refractivity contribution >= 4 is 5.91 Å². The first kappa shape index (κ1) is 17.6. The summed E-state index contributed by atoms with van der Waals surface area (Å²) in [6.07, 6.45) is -1.54. The molecule has 128 valence electrons. The van der Waals surface area contributed by atoms with Crippen LogP contribution in [0.2, 0.25) is 0 Å². The Bertz CT molecular complexity index is 548. The van der Waals surface area contributed by atoms with Gasteiger partial charge in [0.15, 0.2) is 0 Å². The molecule has 1 saturated carbocycles. The molecule has 0 bridgehead atoms. The summed E-state index contributed by atoms with van der Waals surface area (Å²) in [5, 5.41) is 0. The Labute approximate surface area is 133 Å². The van der Waals surface area contributed by atoms with Crippen molar-refractivity contribution < 1.29 is 22.7 Å². The number of para-hydroxylation sites is 1. The molecule has 0 aliphatic heterocycles. The molecule has 0 spiro atoms. The summed E-state index contributed by atoms with van der Waals surface area (Å²) < 4.78 is 41.3. The number of hydrogen-bond donors (Lipinski definition) is 1. The molecule has 0 radical (unpaired) electrons.